The van der Waals surface area contributed by atoms with Crippen LogP contribution in [0.2, 0.25) is 0 Å². The number of nitrogens with zero attached hydrogens (tertiary/aromatic N) is 1. The fourth-order valence-electron chi connectivity index (χ4n) is 6.23. The summed E-state index contributed by atoms with van der Waals surface area (Å²) in [7, 11) is 0. The Bertz CT molecular complexity index is 1050. The molecule has 3 aliphatic rings. The maximum atomic E-state index is 13.4. The first kappa shape index (κ1) is 26.7. The molecule has 2 aromatic carbocycles. The Morgan fingerprint density at radius 2 is 1.55 bits per heavy atom. The molecule has 0 aromatic heterocycles. The molecule has 2 N–H and O–H groups in total. The van der Waals surface area contributed by atoms with Gasteiger partial charge in [0.05, 0.1) is 12.6 Å². The van der Waals surface area contributed by atoms with E-state index in [0.717, 1.165) is 75.3 Å². The molecule has 3 aliphatic carbocycles. The highest BCUT2D eigenvalue weighted by Crippen LogP contribution is 2.39. The molecule has 1 unspecified atom stereocenters. The zero-order chi connectivity index (χ0) is 26.3. The van der Waals surface area contributed by atoms with Gasteiger partial charge in [-0.3, -0.25) is 4.79 Å². The quantitative estimate of drug-likeness (QED) is 0.412. The van der Waals surface area contributed by atoms with Gasteiger partial charge in [0.1, 0.15) is 6.10 Å². The summed E-state index contributed by atoms with van der Waals surface area (Å²) in [6.45, 7) is 0.447. The number of aliphatic hydroxyl groups is 1. The molecule has 0 spiro atoms. The van der Waals surface area contributed by atoms with Crippen molar-refractivity contribution >= 4 is 12.0 Å². The predicted molar refractivity (Wildman–Crippen MR) is 147 cm³/mol. The molecule has 2 amide bonds. The van der Waals surface area contributed by atoms with Crippen LogP contribution in [0.25, 0.3) is 0 Å². The highest BCUT2D eigenvalue weighted by molar-refractivity contribution is 5.80. The number of carbonyl (C=O) groups is 2. The topological polar surface area (TPSA) is 78.9 Å². The fraction of sp³-hybridized carbons (Fsp3) is 0.562. The van der Waals surface area contributed by atoms with E-state index in [-0.39, 0.29) is 36.5 Å². The Morgan fingerprint density at radius 3 is 2.24 bits per heavy atom. The first-order valence-electron chi connectivity index (χ1n) is 14.6. The molecule has 0 radical (unpaired) electrons. The van der Waals surface area contributed by atoms with Gasteiger partial charge in [-0.1, -0.05) is 73.9 Å². The van der Waals surface area contributed by atoms with E-state index in [2.05, 4.69) is 29.6 Å². The highest BCUT2D eigenvalue weighted by atomic mass is 16.6. The van der Waals surface area contributed by atoms with E-state index in [1.165, 1.54) is 12.0 Å². The number of nitrogens with one attached hydrogen (secondary N) is 1. The van der Waals surface area contributed by atoms with Gasteiger partial charge in [-0.05, 0) is 74.0 Å². The molecular weight excluding hydrogens is 476 g/mol. The second-order valence-corrected chi connectivity index (χ2v) is 11.4. The lowest BCUT2D eigenvalue weighted by molar-refractivity contribution is -0.127. The zero-order valence-corrected chi connectivity index (χ0v) is 22.4. The van der Waals surface area contributed by atoms with Gasteiger partial charge in [-0.25, -0.2) is 4.79 Å². The van der Waals surface area contributed by atoms with Crippen LogP contribution in [-0.4, -0.2) is 40.8 Å². The molecule has 3 saturated carbocycles. The summed E-state index contributed by atoms with van der Waals surface area (Å²) in [5.41, 5.74) is 3.20. The molecule has 5 rings (SSSR count). The predicted octanol–water partition coefficient (Wildman–Crippen LogP) is 6.24. The summed E-state index contributed by atoms with van der Waals surface area (Å²) in [5.74, 6) is 0.0663. The van der Waals surface area contributed by atoms with Crippen LogP contribution < -0.4 is 5.32 Å². The number of rotatable bonds is 9. The second kappa shape index (κ2) is 12.8. The molecule has 0 bridgehead atoms. The van der Waals surface area contributed by atoms with Crippen LogP contribution in [-0.2, 0) is 16.1 Å². The maximum Gasteiger partial charge on any atom is 0.410 e. The van der Waals surface area contributed by atoms with Crippen molar-refractivity contribution in [2.24, 2.45) is 5.92 Å². The lowest BCUT2D eigenvalue weighted by Crippen LogP contribution is -2.39. The first-order valence-corrected chi connectivity index (χ1v) is 14.6. The molecule has 0 saturated heterocycles. The number of carbonyl (C=O) groups excluding carboxylic acids is 2. The van der Waals surface area contributed by atoms with Gasteiger partial charge in [-0.2, -0.15) is 0 Å². The Kier molecular flexibility index (Phi) is 9.00. The van der Waals surface area contributed by atoms with Crippen LogP contribution in [0.4, 0.5) is 4.79 Å². The number of ether oxygens (including phenoxy) is 1. The van der Waals surface area contributed by atoms with E-state index in [9.17, 15) is 14.7 Å². The summed E-state index contributed by atoms with van der Waals surface area (Å²) in [4.78, 5) is 28.3. The minimum absolute atomic E-state index is 0.0204. The fourth-order valence-corrected chi connectivity index (χ4v) is 6.23. The van der Waals surface area contributed by atoms with Crippen molar-refractivity contribution < 1.29 is 19.4 Å². The third-order valence-corrected chi connectivity index (χ3v) is 8.61. The van der Waals surface area contributed by atoms with Crippen LogP contribution in [0.5, 0.6) is 0 Å². The summed E-state index contributed by atoms with van der Waals surface area (Å²) in [5, 5.41) is 13.0. The summed E-state index contributed by atoms with van der Waals surface area (Å²) < 4.78 is 5.88. The first-order chi connectivity index (χ1) is 18.6. The second-order valence-electron chi connectivity index (χ2n) is 11.4. The third-order valence-electron chi connectivity index (χ3n) is 8.61. The Labute approximate surface area is 226 Å². The van der Waals surface area contributed by atoms with Crippen molar-refractivity contribution in [3.05, 3.63) is 71.3 Å². The van der Waals surface area contributed by atoms with Crippen molar-refractivity contribution in [1.29, 1.82) is 0 Å². The van der Waals surface area contributed by atoms with Crippen molar-refractivity contribution in [2.45, 2.75) is 101 Å². The van der Waals surface area contributed by atoms with Gasteiger partial charge in [0.25, 0.3) is 0 Å². The highest BCUT2D eigenvalue weighted by Gasteiger charge is 2.36. The van der Waals surface area contributed by atoms with E-state index >= 15 is 0 Å². The van der Waals surface area contributed by atoms with Gasteiger partial charge in [0.15, 0.2) is 0 Å². The van der Waals surface area contributed by atoms with Gasteiger partial charge in [-0.15, -0.1) is 0 Å². The molecule has 6 heteroatoms. The van der Waals surface area contributed by atoms with Crippen LogP contribution in [0.1, 0.15) is 99.3 Å². The monoisotopic (exact) mass is 518 g/mol. The smallest absolute Gasteiger partial charge is 0.410 e. The largest absolute Gasteiger partial charge is 0.446 e. The molecule has 0 aliphatic heterocycles. The lowest BCUT2D eigenvalue weighted by atomic mass is 9.74. The van der Waals surface area contributed by atoms with Gasteiger partial charge >= 0.3 is 6.09 Å². The summed E-state index contributed by atoms with van der Waals surface area (Å²) in [6, 6.07) is 18.1. The van der Waals surface area contributed by atoms with Crippen molar-refractivity contribution in [3.8, 4) is 0 Å². The molecule has 3 atom stereocenters. The van der Waals surface area contributed by atoms with Crippen LogP contribution in [0.15, 0.2) is 54.6 Å². The van der Waals surface area contributed by atoms with Gasteiger partial charge < -0.3 is 20.1 Å². The van der Waals surface area contributed by atoms with E-state index in [1.807, 2.05) is 35.2 Å². The lowest BCUT2D eigenvalue weighted by Gasteiger charge is -2.32. The molecule has 3 fully saturated rings. The van der Waals surface area contributed by atoms with Gasteiger partial charge in [0, 0.05) is 18.5 Å². The normalized spacial score (nSPS) is 22.9. The van der Waals surface area contributed by atoms with Crippen molar-refractivity contribution in [2.75, 3.05) is 6.61 Å². The Hall–Kier alpha value is -2.86. The molecule has 0 heterocycles. The maximum absolute atomic E-state index is 13.4. The minimum Gasteiger partial charge on any atom is -0.446 e. The average Bonchev–Trinajstić information content (AvgIpc) is 3.81. The van der Waals surface area contributed by atoms with E-state index in [1.54, 1.807) is 0 Å². The molecule has 6 nitrogen and oxygen atoms in total. The number of aliphatic hydroxyl groups excluding tert-OH is 1. The Balaban J connectivity index is 1.22. The average molecular weight is 519 g/mol. The Morgan fingerprint density at radius 1 is 0.868 bits per heavy atom. The SMILES string of the molecule is O=C(N[C@@H](CO)c1ccccc1)C1CCCC[C@@H]1c1ccc(CN(C(=O)OC2CCCCC2)C2CC2)cc1. The third kappa shape index (κ3) is 6.76. The summed E-state index contributed by atoms with van der Waals surface area (Å²) >= 11 is 0. The van der Waals surface area contributed by atoms with Crippen molar-refractivity contribution in [3.63, 3.8) is 0 Å². The summed E-state index contributed by atoms with van der Waals surface area (Å²) in [6.07, 6.45) is 11.5. The van der Waals surface area contributed by atoms with Crippen LogP contribution in [0, 0.1) is 5.92 Å². The zero-order valence-electron chi connectivity index (χ0n) is 22.4. The van der Waals surface area contributed by atoms with Crippen LogP contribution in [0.3, 0.4) is 0 Å². The minimum atomic E-state index is -0.393. The molecule has 204 valence electrons. The van der Waals surface area contributed by atoms with Crippen molar-refractivity contribution in [1.82, 2.24) is 10.2 Å². The van der Waals surface area contributed by atoms with E-state index in [0.29, 0.717) is 12.6 Å². The van der Waals surface area contributed by atoms with Gasteiger partial charge in [0.2, 0.25) is 5.91 Å². The molecule has 38 heavy (non-hydrogen) atoms. The van der Waals surface area contributed by atoms with Crippen LogP contribution >= 0.6 is 0 Å². The van der Waals surface area contributed by atoms with E-state index < -0.39 is 6.04 Å². The number of hydrogen-bond acceptors (Lipinski definition) is 4. The molecular formula is C32H42N2O4. The molecule has 2 aromatic rings. The number of benzene rings is 2. The van der Waals surface area contributed by atoms with E-state index in [4.69, 9.17) is 4.74 Å². The number of amides is 2. The number of hydrogen-bond donors (Lipinski definition) is 2. The standard InChI is InChI=1S/C32H42N2O4/c35-22-30(25-9-3-1-4-10-25)33-31(36)29-14-8-7-13-28(29)24-17-15-23(16-18-24)21-34(26-19-20-26)32(37)38-27-11-5-2-6-12-27/h1,3-4,9-10,15-18,26-30,35H,2,5-8,11-14,19-22H2,(H,33,36)/t28-,29?,30+/m1/s1.